The summed E-state index contributed by atoms with van der Waals surface area (Å²) in [5, 5.41) is 31.2. The summed E-state index contributed by atoms with van der Waals surface area (Å²) in [5.74, 6) is 0. The second-order valence-electron chi connectivity index (χ2n) is 7.29. The Labute approximate surface area is 197 Å². The smallest absolute Gasteiger partial charge is 0.265 e. The fraction of sp³-hybridized carbons (Fsp3) is 0.143. The summed E-state index contributed by atoms with van der Waals surface area (Å²) in [6, 6.07) is 18.0. The molecule has 0 radical (unpaired) electrons. The summed E-state index contributed by atoms with van der Waals surface area (Å²) < 4.78 is 3.05. The number of hydrogen-bond acceptors (Lipinski definition) is 6. The van der Waals surface area contributed by atoms with Crippen LogP contribution in [0.3, 0.4) is 0 Å². The molecule has 2 aromatic heterocycles. The summed E-state index contributed by atoms with van der Waals surface area (Å²) in [4.78, 5) is 21.1. The fourth-order valence-electron chi connectivity index (χ4n) is 3.09. The van der Waals surface area contributed by atoms with Crippen LogP contribution < -0.4 is 0 Å². The molecule has 0 saturated heterocycles. The van der Waals surface area contributed by atoms with Crippen LogP contribution in [0, 0.1) is 32.4 Å². The number of nitrogens with zero attached hydrogens (tertiary/aromatic N) is 6. The molecule has 0 bridgehead atoms. The number of benzene rings is 2. The minimum absolute atomic E-state index is 0. The van der Waals surface area contributed by atoms with Crippen LogP contribution in [-0.2, 0) is 26.5 Å². The van der Waals surface area contributed by atoms with Gasteiger partial charge in [-0.25, -0.2) is 0 Å². The largest absolute Gasteiger partial charge is 2.00 e. The summed E-state index contributed by atoms with van der Waals surface area (Å²) in [7, 11) is 0. The van der Waals surface area contributed by atoms with Crippen molar-refractivity contribution >= 4 is 11.4 Å². The van der Waals surface area contributed by atoms with Gasteiger partial charge in [0, 0.05) is 22.2 Å². The molecule has 0 aliphatic rings. The first kappa shape index (κ1) is 23.0. The molecule has 4 aromatic rings. The molecule has 0 aliphatic carbocycles. The molecule has 0 N–H and O–H groups in total. The fourth-order valence-corrected chi connectivity index (χ4v) is 3.09. The summed E-state index contributed by atoms with van der Waals surface area (Å²) in [6.07, 6.45) is 3.41. The number of rotatable bonds is 6. The van der Waals surface area contributed by atoms with Gasteiger partial charge in [0.25, 0.3) is 0 Å². The monoisotopic (exact) mass is 611 g/mol. The van der Waals surface area contributed by atoms with Gasteiger partial charge in [-0.3, -0.25) is 29.6 Å². The third kappa shape index (κ3) is 4.36. The van der Waals surface area contributed by atoms with Crippen LogP contribution >= 0.6 is 0 Å². The van der Waals surface area contributed by atoms with E-state index in [-0.39, 0.29) is 32.4 Å². The predicted octanol–water partition coefficient (Wildman–Crippen LogP) is 3.80. The molecule has 0 atom stereocenters. The predicted molar refractivity (Wildman–Crippen MR) is 110 cm³/mol. The van der Waals surface area contributed by atoms with Crippen LogP contribution in [0.1, 0.15) is 25.2 Å². The Morgan fingerprint density at radius 1 is 0.812 bits per heavy atom. The van der Waals surface area contributed by atoms with Gasteiger partial charge >= 0.3 is 21.1 Å². The Balaban J connectivity index is 0.00000289. The standard InChI is InChI=1S/C21H16N6O4.Pt/c1-21(2,19-9-11-24(22-19)15-5-3-7-17(13-15)26(28)29)20-10-12-25(23-20)16-6-4-8-18(14-16)27(30)31;/h3-4,7-14H,1-2H3;/q-2;+2. The second kappa shape index (κ2) is 8.84. The average molecular weight is 611 g/mol. The van der Waals surface area contributed by atoms with Crippen LogP contribution in [0.5, 0.6) is 0 Å². The summed E-state index contributed by atoms with van der Waals surface area (Å²) >= 11 is 0. The van der Waals surface area contributed by atoms with Gasteiger partial charge in [-0.1, -0.05) is 24.3 Å². The second-order valence-corrected chi connectivity index (χ2v) is 7.29. The van der Waals surface area contributed by atoms with Crippen LogP contribution in [-0.4, -0.2) is 29.4 Å². The Morgan fingerprint density at radius 2 is 1.22 bits per heavy atom. The first-order valence-electron chi connectivity index (χ1n) is 9.21. The maximum absolute atomic E-state index is 11.0. The van der Waals surface area contributed by atoms with Crippen LogP contribution in [0.4, 0.5) is 11.4 Å². The van der Waals surface area contributed by atoms with Gasteiger partial charge in [0.1, 0.15) is 0 Å². The molecule has 0 fully saturated rings. The molecular weight excluding hydrogens is 595 g/mol. The molecule has 0 aliphatic heterocycles. The van der Waals surface area contributed by atoms with Crippen LogP contribution in [0.25, 0.3) is 11.4 Å². The van der Waals surface area contributed by atoms with E-state index in [1.165, 1.54) is 45.8 Å². The molecule has 32 heavy (non-hydrogen) atoms. The molecule has 11 heteroatoms. The number of nitro groups is 2. The Morgan fingerprint density at radius 3 is 1.59 bits per heavy atom. The molecule has 0 spiro atoms. The van der Waals surface area contributed by atoms with Crippen molar-refractivity contribution < 1.29 is 30.9 Å². The molecule has 0 saturated carbocycles. The first-order valence-corrected chi connectivity index (χ1v) is 9.21. The van der Waals surface area contributed by atoms with Crippen molar-refractivity contribution in [1.82, 2.24) is 19.6 Å². The first-order chi connectivity index (χ1) is 14.8. The average Bonchev–Trinajstić information content (AvgIpc) is 3.45. The number of hydrogen-bond donors (Lipinski definition) is 0. The Bertz CT molecular complexity index is 1200. The van der Waals surface area contributed by atoms with Gasteiger partial charge in [0.15, 0.2) is 11.4 Å². The van der Waals surface area contributed by atoms with E-state index in [4.69, 9.17) is 0 Å². The third-order valence-electron chi connectivity index (χ3n) is 4.91. The molecule has 4 rings (SSSR count). The van der Waals surface area contributed by atoms with Gasteiger partial charge in [-0.2, -0.15) is 34.5 Å². The molecule has 2 heterocycles. The van der Waals surface area contributed by atoms with E-state index in [0.717, 1.165) is 0 Å². The van der Waals surface area contributed by atoms with Gasteiger partial charge < -0.3 is 0 Å². The molecule has 0 amide bonds. The maximum Gasteiger partial charge on any atom is 2.00 e. The van der Waals surface area contributed by atoms with Gasteiger partial charge in [-0.05, 0) is 37.4 Å². The van der Waals surface area contributed by atoms with Gasteiger partial charge in [0.05, 0.1) is 16.8 Å². The van der Waals surface area contributed by atoms with E-state index in [1.807, 2.05) is 26.0 Å². The molecule has 164 valence electrons. The van der Waals surface area contributed by atoms with E-state index >= 15 is 0 Å². The SMILES string of the molecule is CC(C)(c1ccn(-c2[c-]ccc([N+](=O)[O-])c2)n1)c1ccn(-c2[c-]ccc([N+](=O)[O-])c2)n1.[Pt+2]. The minimum atomic E-state index is -0.599. The maximum atomic E-state index is 11.0. The number of non-ortho nitro benzene ring substituents is 2. The van der Waals surface area contributed by atoms with Crippen LogP contribution in [0.15, 0.2) is 60.9 Å². The summed E-state index contributed by atoms with van der Waals surface area (Å²) in [6.45, 7) is 3.89. The normalized spacial score (nSPS) is 11.1. The van der Waals surface area contributed by atoms with E-state index in [1.54, 1.807) is 12.4 Å². The molecule has 2 aromatic carbocycles. The zero-order valence-corrected chi connectivity index (χ0v) is 19.2. The van der Waals surface area contributed by atoms with E-state index in [2.05, 4.69) is 22.3 Å². The summed E-state index contributed by atoms with van der Waals surface area (Å²) in [5.41, 5.74) is 1.61. The number of aromatic nitrogens is 4. The van der Waals surface area contributed by atoms with Gasteiger partial charge in [0.2, 0.25) is 0 Å². The van der Waals surface area contributed by atoms with Crippen molar-refractivity contribution in [2.45, 2.75) is 19.3 Å². The Kier molecular flexibility index (Phi) is 6.36. The van der Waals surface area contributed by atoms with Crippen molar-refractivity contribution in [2.75, 3.05) is 0 Å². The van der Waals surface area contributed by atoms with E-state index < -0.39 is 15.3 Å². The number of nitro benzene ring substituents is 2. The van der Waals surface area contributed by atoms with Gasteiger partial charge in [-0.15, -0.1) is 0 Å². The Hall–Kier alpha value is -3.65. The zero-order chi connectivity index (χ0) is 22.2. The topological polar surface area (TPSA) is 122 Å². The molecular formula is C21H16N6O4Pt. The van der Waals surface area contributed by atoms with Crippen LogP contribution in [0.2, 0.25) is 0 Å². The molecule has 10 nitrogen and oxygen atoms in total. The van der Waals surface area contributed by atoms with Crippen molar-refractivity contribution in [3.05, 3.63) is 105 Å². The van der Waals surface area contributed by atoms with Crippen molar-refractivity contribution in [1.29, 1.82) is 0 Å². The van der Waals surface area contributed by atoms with E-state index in [0.29, 0.717) is 22.8 Å². The van der Waals surface area contributed by atoms with Crippen molar-refractivity contribution in [2.24, 2.45) is 0 Å². The van der Waals surface area contributed by atoms with Crippen molar-refractivity contribution in [3.63, 3.8) is 0 Å². The minimum Gasteiger partial charge on any atom is -0.265 e. The van der Waals surface area contributed by atoms with E-state index in [9.17, 15) is 20.2 Å². The van der Waals surface area contributed by atoms with Crippen molar-refractivity contribution in [3.8, 4) is 11.4 Å². The third-order valence-corrected chi connectivity index (χ3v) is 4.91. The quantitative estimate of drug-likeness (QED) is 0.186. The zero-order valence-electron chi connectivity index (χ0n) is 16.9. The molecule has 0 unspecified atom stereocenters.